The van der Waals surface area contributed by atoms with E-state index in [9.17, 15) is 26.7 Å². The quantitative estimate of drug-likeness (QED) is 0.806. The first-order valence-electron chi connectivity index (χ1n) is 8.32. The molecule has 2 aliphatic heterocycles. The third-order valence-electron chi connectivity index (χ3n) is 4.58. The Kier molecular flexibility index (Phi) is 5.27. The molecule has 1 aromatic rings. The molecule has 1 aromatic carbocycles. The molecule has 2 aliphatic rings. The summed E-state index contributed by atoms with van der Waals surface area (Å²) in [5.41, 5.74) is 6.19. The lowest BCUT2D eigenvalue weighted by molar-refractivity contribution is -0.139. The van der Waals surface area contributed by atoms with Crippen LogP contribution in [0.5, 0.6) is 0 Å². The first-order valence-corrected chi connectivity index (χ1v) is 8.32. The van der Waals surface area contributed by atoms with Crippen molar-refractivity contribution >= 4 is 5.91 Å². The highest BCUT2D eigenvalue weighted by molar-refractivity contribution is 5.77. The van der Waals surface area contributed by atoms with Crippen LogP contribution in [0.25, 0.3) is 0 Å². The summed E-state index contributed by atoms with van der Waals surface area (Å²) in [6.45, 7) is 0.0433. The Morgan fingerprint density at radius 3 is 2.78 bits per heavy atom. The van der Waals surface area contributed by atoms with E-state index in [2.05, 4.69) is 10.2 Å². The number of carbonyl (C=O) groups excluding carboxylic acids is 1. The fourth-order valence-electron chi connectivity index (χ4n) is 3.23. The van der Waals surface area contributed by atoms with Crippen molar-refractivity contribution in [2.75, 3.05) is 13.1 Å². The van der Waals surface area contributed by atoms with E-state index in [1.165, 1.54) is 4.90 Å². The molecule has 27 heavy (non-hydrogen) atoms. The molecule has 2 atom stereocenters. The molecule has 0 spiro atoms. The van der Waals surface area contributed by atoms with Crippen LogP contribution in [-0.2, 0) is 11.2 Å². The Hall–Kier alpha value is -2.36. The van der Waals surface area contributed by atoms with Gasteiger partial charge in [0.15, 0.2) is 6.04 Å². The van der Waals surface area contributed by atoms with Gasteiger partial charge in [-0.15, -0.1) is 0 Å². The molecule has 0 aromatic heterocycles. The summed E-state index contributed by atoms with van der Waals surface area (Å²) in [6.07, 6.45) is -4.64. The minimum absolute atomic E-state index is 0.0337. The fourth-order valence-corrected chi connectivity index (χ4v) is 3.23. The van der Waals surface area contributed by atoms with E-state index < -0.39 is 29.9 Å². The zero-order chi connectivity index (χ0) is 19.8. The van der Waals surface area contributed by atoms with Gasteiger partial charge in [0.25, 0.3) is 0 Å². The summed E-state index contributed by atoms with van der Waals surface area (Å²) < 4.78 is 65.5. The summed E-state index contributed by atoms with van der Waals surface area (Å²) in [4.78, 5) is 13.7. The third kappa shape index (κ3) is 4.32. The average Bonchev–Trinajstić information content (AvgIpc) is 3.01. The standard InChI is InChI=1S/C17H17F5N4O/c18-10-1-2-13(19)9(5-10)6-11(23)7-15(27)26-4-3-12-14(8-26)24-25-16(12)17(20,21)22/h1-2,5,11,16H,3-4,6-8,23H2/t11-,16?/m1/s1. The maximum Gasteiger partial charge on any atom is 0.416 e. The second-order valence-electron chi connectivity index (χ2n) is 6.60. The maximum atomic E-state index is 13.7. The largest absolute Gasteiger partial charge is 0.416 e. The summed E-state index contributed by atoms with van der Waals surface area (Å²) in [5, 5.41) is 6.84. The van der Waals surface area contributed by atoms with Gasteiger partial charge in [0.05, 0.1) is 12.2 Å². The van der Waals surface area contributed by atoms with E-state index in [-0.39, 0.29) is 55.1 Å². The van der Waals surface area contributed by atoms with Crippen LogP contribution in [0.2, 0.25) is 0 Å². The molecule has 5 nitrogen and oxygen atoms in total. The Morgan fingerprint density at radius 2 is 2.07 bits per heavy atom. The van der Waals surface area contributed by atoms with Crippen LogP contribution in [0.4, 0.5) is 22.0 Å². The lowest BCUT2D eigenvalue weighted by Crippen LogP contribution is -2.41. The van der Waals surface area contributed by atoms with Gasteiger partial charge >= 0.3 is 6.18 Å². The highest BCUT2D eigenvalue weighted by atomic mass is 19.4. The highest BCUT2D eigenvalue weighted by Crippen LogP contribution is 2.38. The number of nitrogens with two attached hydrogens (primary N) is 1. The summed E-state index contributed by atoms with van der Waals surface area (Å²) in [7, 11) is 0. The second kappa shape index (κ2) is 7.34. The number of carbonyl (C=O) groups is 1. The van der Waals surface area contributed by atoms with Crippen LogP contribution in [0, 0.1) is 11.6 Å². The Labute approximate surface area is 151 Å². The van der Waals surface area contributed by atoms with Crippen molar-refractivity contribution < 1.29 is 26.7 Å². The number of hydrogen-bond acceptors (Lipinski definition) is 4. The van der Waals surface area contributed by atoms with E-state index in [1.807, 2.05) is 0 Å². The van der Waals surface area contributed by atoms with E-state index in [0.29, 0.717) is 0 Å². The molecule has 0 saturated heterocycles. The number of azo groups is 1. The van der Waals surface area contributed by atoms with Crippen LogP contribution < -0.4 is 5.73 Å². The van der Waals surface area contributed by atoms with Gasteiger partial charge in [-0.3, -0.25) is 4.79 Å². The molecule has 0 fully saturated rings. The SMILES string of the molecule is N[C@@H](CC(=O)N1CCC2=C(C1)N=NC2C(F)(F)F)Cc1cc(F)ccc1F. The maximum absolute atomic E-state index is 13.7. The Bertz CT molecular complexity index is 805. The topological polar surface area (TPSA) is 71.1 Å². The van der Waals surface area contributed by atoms with Crippen molar-refractivity contribution in [3.63, 3.8) is 0 Å². The van der Waals surface area contributed by atoms with Crippen molar-refractivity contribution in [1.82, 2.24) is 4.90 Å². The smallest absolute Gasteiger partial charge is 0.336 e. The third-order valence-corrected chi connectivity index (χ3v) is 4.58. The predicted molar refractivity (Wildman–Crippen MR) is 85.6 cm³/mol. The van der Waals surface area contributed by atoms with Gasteiger partial charge in [0.1, 0.15) is 11.6 Å². The zero-order valence-electron chi connectivity index (χ0n) is 14.1. The van der Waals surface area contributed by atoms with Gasteiger partial charge in [-0.05, 0) is 42.2 Å². The van der Waals surface area contributed by atoms with Crippen molar-refractivity contribution in [1.29, 1.82) is 0 Å². The fraction of sp³-hybridized carbons (Fsp3) is 0.471. The van der Waals surface area contributed by atoms with Crippen LogP contribution >= 0.6 is 0 Å². The van der Waals surface area contributed by atoms with Gasteiger partial charge in [-0.1, -0.05) is 0 Å². The van der Waals surface area contributed by atoms with Crippen molar-refractivity contribution in [2.45, 2.75) is 37.5 Å². The lowest BCUT2D eigenvalue weighted by Gasteiger charge is -2.29. The molecular weight excluding hydrogens is 371 g/mol. The molecule has 2 N–H and O–H groups in total. The van der Waals surface area contributed by atoms with Gasteiger partial charge < -0.3 is 10.6 Å². The molecule has 1 unspecified atom stereocenters. The number of rotatable bonds is 4. The van der Waals surface area contributed by atoms with Crippen molar-refractivity contribution in [3.8, 4) is 0 Å². The zero-order valence-corrected chi connectivity index (χ0v) is 14.1. The molecule has 10 heteroatoms. The minimum Gasteiger partial charge on any atom is -0.336 e. The highest BCUT2D eigenvalue weighted by Gasteiger charge is 2.47. The van der Waals surface area contributed by atoms with Crippen LogP contribution in [0.3, 0.4) is 0 Å². The normalized spacial score (nSPS) is 20.8. The molecule has 146 valence electrons. The Balaban J connectivity index is 1.60. The number of hydrogen-bond donors (Lipinski definition) is 1. The van der Waals surface area contributed by atoms with E-state index in [4.69, 9.17) is 5.73 Å². The minimum atomic E-state index is -4.50. The lowest BCUT2D eigenvalue weighted by atomic mass is 9.98. The van der Waals surface area contributed by atoms with Gasteiger partial charge in [0, 0.05) is 19.0 Å². The van der Waals surface area contributed by atoms with Crippen molar-refractivity contribution in [3.05, 3.63) is 46.7 Å². The van der Waals surface area contributed by atoms with E-state index >= 15 is 0 Å². The molecule has 3 rings (SSSR count). The number of benzene rings is 1. The van der Waals surface area contributed by atoms with E-state index in [0.717, 1.165) is 18.2 Å². The number of amides is 1. The van der Waals surface area contributed by atoms with Gasteiger partial charge in [-0.25, -0.2) is 8.78 Å². The molecule has 2 heterocycles. The van der Waals surface area contributed by atoms with Crippen LogP contribution in [-0.4, -0.2) is 42.2 Å². The number of halogens is 5. The van der Waals surface area contributed by atoms with Gasteiger partial charge in [-0.2, -0.15) is 23.4 Å². The van der Waals surface area contributed by atoms with Crippen LogP contribution in [0.15, 0.2) is 39.7 Å². The van der Waals surface area contributed by atoms with Gasteiger partial charge in [0.2, 0.25) is 5.91 Å². The summed E-state index contributed by atoms with van der Waals surface area (Å²) in [6, 6.07) is 0.313. The summed E-state index contributed by atoms with van der Waals surface area (Å²) in [5.74, 6) is -1.60. The van der Waals surface area contributed by atoms with E-state index in [1.54, 1.807) is 0 Å². The first kappa shape index (κ1) is 19.4. The van der Waals surface area contributed by atoms with Crippen LogP contribution in [0.1, 0.15) is 18.4 Å². The Morgan fingerprint density at radius 1 is 1.33 bits per heavy atom. The number of alkyl halides is 3. The molecule has 0 aliphatic carbocycles. The molecule has 1 amide bonds. The first-order chi connectivity index (χ1) is 12.6. The second-order valence-corrected chi connectivity index (χ2v) is 6.60. The predicted octanol–water partition coefficient (Wildman–Crippen LogP) is 3.11. The summed E-state index contributed by atoms with van der Waals surface area (Å²) >= 11 is 0. The monoisotopic (exact) mass is 388 g/mol. The van der Waals surface area contributed by atoms with Crippen molar-refractivity contribution in [2.24, 2.45) is 16.0 Å². The molecular formula is C17H17F5N4O. The molecule has 0 radical (unpaired) electrons. The average molecular weight is 388 g/mol. The number of nitrogens with zero attached hydrogens (tertiary/aromatic N) is 3. The molecule has 0 bridgehead atoms. The molecule has 0 saturated carbocycles.